The summed E-state index contributed by atoms with van der Waals surface area (Å²) in [5.74, 6) is 3.20. The Morgan fingerprint density at radius 1 is 1.39 bits per heavy atom. The molecule has 2 heterocycles. The summed E-state index contributed by atoms with van der Waals surface area (Å²) in [6.45, 7) is 3.26. The Kier molecular flexibility index (Phi) is 3.16. The van der Waals surface area contributed by atoms with Crippen molar-refractivity contribution in [1.82, 2.24) is 4.90 Å². The van der Waals surface area contributed by atoms with E-state index in [-0.39, 0.29) is 0 Å². The third-order valence-electron chi connectivity index (χ3n) is 4.27. The third kappa shape index (κ3) is 2.07. The number of hydrogen-bond donors (Lipinski definition) is 0. The molecule has 18 heavy (non-hydrogen) atoms. The minimum absolute atomic E-state index is 0.564. The molecule has 0 saturated carbocycles. The van der Waals surface area contributed by atoms with Crippen LogP contribution in [0.15, 0.2) is 18.2 Å². The lowest BCUT2D eigenvalue weighted by Gasteiger charge is -2.32. The second-order valence-electron chi connectivity index (χ2n) is 5.49. The topological polar surface area (TPSA) is 21.7 Å². The van der Waals surface area contributed by atoms with Crippen LogP contribution in [0.25, 0.3) is 0 Å². The monoisotopic (exact) mass is 247 g/mol. The van der Waals surface area contributed by atoms with Crippen LogP contribution in [0.5, 0.6) is 11.5 Å². The smallest absolute Gasteiger partial charge is 0.126 e. The van der Waals surface area contributed by atoms with Crippen molar-refractivity contribution in [3.05, 3.63) is 23.8 Å². The van der Waals surface area contributed by atoms with Crippen LogP contribution in [0.1, 0.15) is 24.3 Å². The van der Waals surface area contributed by atoms with Crippen molar-refractivity contribution in [2.24, 2.45) is 5.92 Å². The maximum absolute atomic E-state index is 5.84. The van der Waals surface area contributed by atoms with Crippen molar-refractivity contribution in [3.8, 4) is 11.5 Å². The summed E-state index contributed by atoms with van der Waals surface area (Å²) in [7, 11) is 3.92. The first-order valence-corrected chi connectivity index (χ1v) is 6.77. The average Bonchev–Trinajstić information content (AvgIpc) is 2.81. The number of fused-ring (bicyclic) bond motifs is 1. The van der Waals surface area contributed by atoms with Crippen molar-refractivity contribution in [3.63, 3.8) is 0 Å². The number of ether oxygens (including phenoxy) is 2. The van der Waals surface area contributed by atoms with E-state index >= 15 is 0 Å². The van der Waals surface area contributed by atoms with E-state index in [2.05, 4.69) is 18.0 Å². The van der Waals surface area contributed by atoms with Gasteiger partial charge < -0.3 is 14.4 Å². The lowest BCUT2D eigenvalue weighted by molar-refractivity contribution is 0.171. The first kappa shape index (κ1) is 11.8. The van der Waals surface area contributed by atoms with E-state index in [1.54, 1.807) is 7.11 Å². The van der Waals surface area contributed by atoms with Gasteiger partial charge in [0.1, 0.15) is 11.5 Å². The molecule has 2 unspecified atom stereocenters. The standard InChI is InChI=1S/C15H21NO2/c1-16-7-3-4-11(9-16)14-10-18-15-8-12(17-2)5-6-13(14)15/h5-6,8,11,14H,3-4,7,9-10H2,1-2H3. The minimum atomic E-state index is 0.564. The number of methoxy groups -OCH3 is 1. The summed E-state index contributed by atoms with van der Waals surface area (Å²) in [6.07, 6.45) is 2.63. The largest absolute Gasteiger partial charge is 0.497 e. The second-order valence-corrected chi connectivity index (χ2v) is 5.49. The van der Waals surface area contributed by atoms with Crippen molar-refractivity contribution in [1.29, 1.82) is 0 Å². The lowest BCUT2D eigenvalue weighted by atomic mass is 9.82. The molecule has 2 aliphatic heterocycles. The van der Waals surface area contributed by atoms with E-state index in [4.69, 9.17) is 9.47 Å². The van der Waals surface area contributed by atoms with Gasteiger partial charge in [-0.15, -0.1) is 0 Å². The van der Waals surface area contributed by atoms with Gasteiger partial charge >= 0.3 is 0 Å². The molecule has 0 amide bonds. The molecule has 0 bridgehead atoms. The number of rotatable bonds is 2. The summed E-state index contributed by atoms with van der Waals surface area (Å²) in [4.78, 5) is 2.44. The zero-order chi connectivity index (χ0) is 12.5. The molecule has 1 saturated heterocycles. The molecule has 1 aromatic rings. The van der Waals surface area contributed by atoms with Crippen molar-refractivity contribution >= 4 is 0 Å². The Balaban J connectivity index is 1.81. The average molecular weight is 247 g/mol. The summed E-state index contributed by atoms with van der Waals surface area (Å²) >= 11 is 0. The van der Waals surface area contributed by atoms with E-state index < -0.39 is 0 Å². The first-order valence-electron chi connectivity index (χ1n) is 6.77. The van der Waals surface area contributed by atoms with E-state index in [9.17, 15) is 0 Å². The molecule has 1 fully saturated rings. The van der Waals surface area contributed by atoms with E-state index in [1.807, 2.05) is 12.1 Å². The van der Waals surface area contributed by atoms with Gasteiger partial charge in [0.25, 0.3) is 0 Å². The Morgan fingerprint density at radius 3 is 3.06 bits per heavy atom. The summed E-state index contributed by atoms with van der Waals surface area (Å²) in [6, 6.07) is 6.25. The third-order valence-corrected chi connectivity index (χ3v) is 4.27. The van der Waals surface area contributed by atoms with Crippen molar-refractivity contribution < 1.29 is 9.47 Å². The predicted molar refractivity (Wildman–Crippen MR) is 71.5 cm³/mol. The van der Waals surface area contributed by atoms with Crippen molar-refractivity contribution in [2.75, 3.05) is 33.9 Å². The fourth-order valence-electron chi connectivity index (χ4n) is 3.27. The van der Waals surface area contributed by atoms with Gasteiger partial charge in [0, 0.05) is 24.1 Å². The summed E-state index contributed by atoms with van der Waals surface area (Å²) in [5, 5.41) is 0. The molecule has 3 nitrogen and oxygen atoms in total. The number of likely N-dealkylation sites (tertiary alicyclic amines) is 1. The Labute approximate surface area is 109 Å². The fraction of sp³-hybridized carbons (Fsp3) is 0.600. The lowest BCUT2D eigenvalue weighted by Crippen LogP contribution is -2.35. The number of piperidine rings is 1. The van der Waals surface area contributed by atoms with Gasteiger partial charge in [0.2, 0.25) is 0 Å². The van der Waals surface area contributed by atoms with Gasteiger partial charge in [-0.2, -0.15) is 0 Å². The zero-order valence-electron chi connectivity index (χ0n) is 11.2. The normalized spacial score (nSPS) is 27.7. The Hall–Kier alpha value is -1.22. The molecule has 0 aliphatic carbocycles. The van der Waals surface area contributed by atoms with E-state index in [0.29, 0.717) is 5.92 Å². The van der Waals surface area contributed by atoms with Crippen LogP contribution in [-0.2, 0) is 0 Å². The highest BCUT2D eigenvalue weighted by Gasteiger charge is 2.33. The zero-order valence-corrected chi connectivity index (χ0v) is 11.2. The van der Waals surface area contributed by atoms with Crippen LogP contribution in [0.4, 0.5) is 0 Å². The van der Waals surface area contributed by atoms with Crippen LogP contribution >= 0.6 is 0 Å². The van der Waals surface area contributed by atoms with E-state index in [0.717, 1.165) is 24.0 Å². The Bertz CT molecular complexity index is 433. The van der Waals surface area contributed by atoms with Crippen LogP contribution in [0, 0.1) is 5.92 Å². The van der Waals surface area contributed by atoms with Gasteiger partial charge in [0.15, 0.2) is 0 Å². The van der Waals surface area contributed by atoms with Gasteiger partial charge in [0.05, 0.1) is 13.7 Å². The van der Waals surface area contributed by atoms with Crippen LogP contribution in [0.2, 0.25) is 0 Å². The molecule has 0 spiro atoms. The van der Waals surface area contributed by atoms with Crippen LogP contribution in [0.3, 0.4) is 0 Å². The van der Waals surface area contributed by atoms with Gasteiger partial charge in [-0.25, -0.2) is 0 Å². The highest BCUT2D eigenvalue weighted by molar-refractivity contribution is 5.45. The molecule has 1 aromatic carbocycles. The molecular weight excluding hydrogens is 226 g/mol. The summed E-state index contributed by atoms with van der Waals surface area (Å²) < 4.78 is 11.1. The Morgan fingerprint density at radius 2 is 2.28 bits per heavy atom. The highest BCUT2D eigenvalue weighted by atomic mass is 16.5. The molecule has 98 valence electrons. The van der Waals surface area contributed by atoms with Crippen LogP contribution < -0.4 is 9.47 Å². The second kappa shape index (κ2) is 4.81. The molecule has 3 heteroatoms. The number of nitrogens with zero attached hydrogens (tertiary/aromatic N) is 1. The van der Waals surface area contributed by atoms with E-state index in [1.165, 1.54) is 31.5 Å². The SMILES string of the molecule is COc1ccc2c(c1)OCC2C1CCCN(C)C1. The quantitative estimate of drug-likeness (QED) is 0.801. The van der Waals surface area contributed by atoms with Gasteiger partial charge in [-0.3, -0.25) is 0 Å². The predicted octanol–water partition coefficient (Wildman–Crippen LogP) is 2.51. The van der Waals surface area contributed by atoms with Crippen LogP contribution in [-0.4, -0.2) is 38.8 Å². The molecular formula is C15H21NO2. The van der Waals surface area contributed by atoms with Gasteiger partial charge in [-0.05, 0) is 38.4 Å². The maximum Gasteiger partial charge on any atom is 0.126 e. The molecule has 0 N–H and O–H groups in total. The van der Waals surface area contributed by atoms with Crippen molar-refractivity contribution in [2.45, 2.75) is 18.8 Å². The molecule has 3 rings (SSSR count). The maximum atomic E-state index is 5.84. The van der Waals surface area contributed by atoms with Gasteiger partial charge in [-0.1, -0.05) is 6.07 Å². The first-order chi connectivity index (χ1) is 8.78. The fourth-order valence-corrected chi connectivity index (χ4v) is 3.27. The molecule has 0 aromatic heterocycles. The highest BCUT2D eigenvalue weighted by Crippen LogP contribution is 2.42. The number of hydrogen-bond acceptors (Lipinski definition) is 3. The molecule has 0 radical (unpaired) electrons. The molecule has 2 aliphatic rings. The number of benzene rings is 1. The minimum Gasteiger partial charge on any atom is -0.497 e. The summed E-state index contributed by atoms with van der Waals surface area (Å²) in [5.41, 5.74) is 1.37. The molecule has 2 atom stereocenters.